The molecule has 1 unspecified atom stereocenters. The summed E-state index contributed by atoms with van der Waals surface area (Å²) in [6.45, 7) is 3.62. The van der Waals surface area contributed by atoms with E-state index in [-0.39, 0.29) is 17.9 Å². The summed E-state index contributed by atoms with van der Waals surface area (Å²) in [4.78, 5) is 10.9. The lowest BCUT2D eigenvalue weighted by Gasteiger charge is -2.38. The van der Waals surface area contributed by atoms with Gasteiger partial charge in [0.25, 0.3) is 10.2 Å². The molecule has 0 saturated carbocycles. The zero-order valence-electron chi connectivity index (χ0n) is 12.1. The SMILES string of the molecule is CC1CCCCN1S(=O)(=O)N1CCC(CC(N)=O)CC1. The number of piperidine rings is 2. The molecule has 0 bridgehead atoms. The molecular weight excluding hydrogens is 278 g/mol. The van der Waals surface area contributed by atoms with Gasteiger partial charge in [0.2, 0.25) is 5.91 Å². The van der Waals surface area contributed by atoms with E-state index in [0.29, 0.717) is 26.1 Å². The number of nitrogens with zero attached hydrogens (tertiary/aromatic N) is 2. The quantitative estimate of drug-likeness (QED) is 0.829. The minimum absolute atomic E-state index is 0.0945. The molecule has 2 saturated heterocycles. The van der Waals surface area contributed by atoms with Crippen LogP contribution in [0.4, 0.5) is 0 Å². The van der Waals surface area contributed by atoms with Crippen LogP contribution in [0.3, 0.4) is 0 Å². The van der Waals surface area contributed by atoms with Crippen LogP contribution in [-0.4, -0.2) is 48.6 Å². The smallest absolute Gasteiger partial charge is 0.282 e. The van der Waals surface area contributed by atoms with E-state index < -0.39 is 10.2 Å². The number of hydrogen-bond donors (Lipinski definition) is 1. The Hall–Kier alpha value is -0.660. The highest BCUT2D eigenvalue weighted by Crippen LogP contribution is 2.27. The van der Waals surface area contributed by atoms with Crippen molar-refractivity contribution < 1.29 is 13.2 Å². The summed E-state index contributed by atoms with van der Waals surface area (Å²) in [7, 11) is -3.34. The number of primary amides is 1. The molecule has 6 nitrogen and oxygen atoms in total. The average molecular weight is 303 g/mol. The van der Waals surface area contributed by atoms with Gasteiger partial charge >= 0.3 is 0 Å². The Morgan fingerprint density at radius 1 is 1.15 bits per heavy atom. The lowest BCUT2D eigenvalue weighted by Crippen LogP contribution is -2.51. The lowest BCUT2D eigenvalue weighted by molar-refractivity contribution is -0.119. The van der Waals surface area contributed by atoms with Gasteiger partial charge in [0.15, 0.2) is 0 Å². The molecular formula is C13H25N3O3S. The standard InChI is InChI=1S/C13H25N3O3S/c1-11-4-2-3-7-16(11)20(18,19)15-8-5-12(6-9-15)10-13(14)17/h11-12H,2-10H2,1H3,(H2,14,17). The number of rotatable bonds is 4. The van der Waals surface area contributed by atoms with Gasteiger partial charge in [-0.2, -0.15) is 17.0 Å². The van der Waals surface area contributed by atoms with E-state index in [4.69, 9.17) is 5.73 Å². The first-order valence-corrected chi connectivity index (χ1v) is 8.86. The van der Waals surface area contributed by atoms with Gasteiger partial charge in [0.05, 0.1) is 0 Å². The van der Waals surface area contributed by atoms with E-state index in [1.165, 1.54) is 0 Å². The minimum atomic E-state index is -3.34. The molecule has 2 rings (SSSR count). The number of amides is 1. The molecule has 2 aliphatic heterocycles. The second-order valence-corrected chi connectivity index (χ2v) is 7.86. The van der Waals surface area contributed by atoms with Gasteiger partial charge in [-0.1, -0.05) is 6.42 Å². The van der Waals surface area contributed by atoms with Crippen LogP contribution >= 0.6 is 0 Å². The molecule has 0 aromatic rings. The maximum absolute atomic E-state index is 12.6. The van der Waals surface area contributed by atoms with E-state index in [2.05, 4.69) is 0 Å². The van der Waals surface area contributed by atoms with Gasteiger partial charge in [-0.25, -0.2) is 0 Å². The first-order valence-electron chi connectivity index (χ1n) is 7.46. The van der Waals surface area contributed by atoms with Crippen LogP contribution in [0.1, 0.15) is 45.4 Å². The van der Waals surface area contributed by atoms with Crippen molar-refractivity contribution in [3.8, 4) is 0 Å². The second-order valence-electron chi connectivity index (χ2n) is 5.98. The minimum Gasteiger partial charge on any atom is -0.370 e. The fraction of sp³-hybridized carbons (Fsp3) is 0.923. The predicted octanol–water partition coefficient (Wildman–Crippen LogP) is 0.693. The van der Waals surface area contributed by atoms with E-state index >= 15 is 0 Å². The van der Waals surface area contributed by atoms with Crippen LogP contribution in [-0.2, 0) is 15.0 Å². The molecule has 0 spiro atoms. The first kappa shape index (κ1) is 15.7. The molecule has 20 heavy (non-hydrogen) atoms. The third kappa shape index (κ3) is 3.51. The molecule has 0 radical (unpaired) electrons. The highest BCUT2D eigenvalue weighted by atomic mass is 32.2. The van der Waals surface area contributed by atoms with Crippen LogP contribution in [0.2, 0.25) is 0 Å². The number of carbonyl (C=O) groups is 1. The third-order valence-electron chi connectivity index (χ3n) is 4.43. The zero-order valence-corrected chi connectivity index (χ0v) is 12.9. The Morgan fingerprint density at radius 3 is 2.35 bits per heavy atom. The molecule has 2 heterocycles. The van der Waals surface area contributed by atoms with Gasteiger partial charge < -0.3 is 5.73 Å². The van der Waals surface area contributed by atoms with Crippen molar-refractivity contribution in [2.24, 2.45) is 11.7 Å². The van der Waals surface area contributed by atoms with Gasteiger partial charge in [-0.3, -0.25) is 4.79 Å². The largest absolute Gasteiger partial charge is 0.370 e. The monoisotopic (exact) mass is 303 g/mol. The first-order chi connectivity index (χ1) is 9.41. The van der Waals surface area contributed by atoms with Crippen molar-refractivity contribution in [1.29, 1.82) is 0 Å². The zero-order chi connectivity index (χ0) is 14.8. The van der Waals surface area contributed by atoms with Gasteiger partial charge in [0, 0.05) is 32.1 Å². The Morgan fingerprint density at radius 2 is 1.80 bits per heavy atom. The summed E-state index contributed by atoms with van der Waals surface area (Å²) in [6.07, 6.45) is 4.82. The molecule has 0 aromatic heterocycles. The normalized spacial score (nSPS) is 27.6. The summed E-state index contributed by atoms with van der Waals surface area (Å²) < 4.78 is 28.5. The maximum atomic E-state index is 12.6. The van der Waals surface area contributed by atoms with E-state index in [0.717, 1.165) is 32.1 Å². The van der Waals surface area contributed by atoms with Gasteiger partial charge in [0.1, 0.15) is 0 Å². The summed E-state index contributed by atoms with van der Waals surface area (Å²) in [5.41, 5.74) is 5.20. The lowest BCUT2D eigenvalue weighted by atomic mass is 9.94. The Kier molecular flexibility index (Phi) is 5.04. The molecule has 7 heteroatoms. The van der Waals surface area contributed by atoms with Crippen molar-refractivity contribution in [2.75, 3.05) is 19.6 Å². The predicted molar refractivity (Wildman–Crippen MR) is 77.0 cm³/mol. The topological polar surface area (TPSA) is 83.7 Å². The molecule has 0 aromatic carbocycles. The molecule has 1 atom stereocenters. The molecule has 1 amide bonds. The molecule has 2 aliphatic rings. The van der Waals surface area contributed by atoms with E-state index in [1.54, 1.807) is 8.61 Å². The fourth-order valence-corrected chi connectivity index (χ4v) is 5.08. The van der Waals surface area contributed by atoms with Crippen LogP contribution < -0.4 is 5.73 Å². The van der Waals surface area contributed by atoms with Crippen LogP contribution in [0.25, 0.3) is 0 Å². The van der Waals surface area contributed by atoms with Gasteiger partial charge in [-0.05, 0) is 38.5 Å². The highest BCUT2D eigenvalue weighted by molar-refractivity contribution is 7.86. The van der Waals surface area contributed by atoms with Crippen molar-refractivity contribution in [1.82, 2.24) is 8.61 Å². The van der Waals surface area contributed by atoms with E-state index in [9.17, 15) is 13.2 Å². The van der Waals surface area contributed by atoms with Gasteiger partial charge in [-0.15, -0.1) is 0 Å². The van der Waals surface area contributed by atoms with E-state index in [1.807, 2.05) is 6.92 Å². The third-order valence-corrected chi connectivity index (χ3v) is 6.58. The maximum Gasteiger partial charge on any atom is 0.282 e. The molecule has 116 valence electrons. The summed E-state index contributed by atoms with van der Waals surface area (Å²) >= 11 is 0. The number of carbonyl (C=O) groups excluding carboxylic acids is 1. The summed E-state index contributed by atoms with van der Waals surface area (Å²) in [5.74, 6) is -0.0614. The molecule has 2 fully saturated rings. The van der Waals surface area contributed by atoms with Crippen molar-refractivity contribution in [2.45, 2.75) is 51.5 Å². The van der Waals surface area contributed by atoms with Crippen molar-refractivity contribution in [3.63, 3.8) is 0 Å². The van der Waals surface area contributed by atoms with Crippen molar-refractivity contribution in [3.05, 3.63) is 0 Å². The average Bonchev–Trinajstić information content (AvgIpc) is 2.39. The fourth-order valence-electron chi connectivity index (χ4n) is 3.19. The Labute approximate surface area is 121 Å². The Bertz CT molecular complexity index is 444. The van der Waals surface area contributed by atoms with Crippen LogP contribution in [0.5, 0.6) is 0 Å². The second kappa shape index (κ2) is 6.41. The molecule has 0 aliphatic carbocycles. The Balaban J connectivity index is 1.96. The summed E-state index contributed by atoms with van der Waals surface area (Å²) in [5, 5.41) is 0. The van der Waals surface area contributed by atoms with Crippen molar-refractivity contribution >= 4 is 16.1 Å². The number of hydrogen-bond acceptors (Lipinski definition) is 3. The summed E-state index contributed by atoms with van der Waals surface area (Å²) in [6, 6.07) is 0.0945. The number of nitrogens with two attached hydrogens (primary N) is 1. The van der Waals surface area contributed by atoms with Crippen LogP contribution in [0, 0.1) is 5.92 Å². The highest BCUT2D eigenvalue weighted by Gasteiger charge is 2.36. The molecule has 2 N–H and O–H groups in total. The van der Waals surface area contributed by atoms with Crippen LogP contribution in [0.15, 0.2) is 0 Å².